The molecule has 0 aliphatic rings. The first-order valence-electron chi connectivity index (χ1n) is 7.73. The fraction of sp³-hybridized carbons (Fsp3) is 0.158. The van der Waals surface area contributed by atoms with Gasteiger partial charge in [0.1, 0.15) is 11.5 Å². The van der Waals surface area contributed by atoms with Crippen LogP contribution in [0.5, 0.6) is 0 Å². The predicted molar refractivity (Wildman–Crippen MR) is 91.9 cm³/mol. The van der Waals surface area contributed by atoms with E-state index < -0.39 is 0 Å². The Morgan fingerprint density at radius 1 is 1.12 bits per heavy atom. The number of Topliss-reactive ketones (excluding diaryl/α,β-unsaturated/α-hetero) is 1. The summed E-state index contributed by atoms with van der Waals surface area (Å²) in [5.74, 6) is 0.285. The zero-order valence-electron chi connectivity index (χ0n) is 13.3. The van der Waals surface area contributed by atoms with Crippen LogP contribution in [-0.2, 0) is 0 Å². The molecule has 5 nitrogen and oxygen atoms in total. The molecule has 3 rings (SSSR count). The van der Waals surface area contributed by atoms with Gasteiger partial charge >= 0.3 is 0 Å². The maximum atomic E-state index is 12.5. The lowest BCUT2D eigenvalue weighted by molar-refractivity contribution is 0.0970. The average Bonchev–Trinajstić information content (AvgIpc) is 2.62. The average molecular weight is 319 g/mol. The Bertz CT molecular complexity index is 889. The molecular formula is C19H17N3O2. The molecular weight excluding hydrogens is 302 g/mol. The van der Waals surface area contributed by atoms with Crippen molar-refractivity contribution in [1.82, 2.24) is 15.0 Å². The Kier molecular flexibility index (Phi) is 4.61. The first kappa shape index (κ1) is 15.8. The van der Waals surface area contributed by atoms with E-state index in [0.717, 1.165) is 11.1 Å². The third kappa shape index (κ3) is 3.63. The number of H-pyrrole nitrogens is 1. The maximum absolute atomic E-state index is 12.5. The van der Waals surface area contributed by atoms with Crippen LogP contribution in [-0.4, -0.2) is 20.7 Å². The summed E-state index contributed by atoms with van der Waals surface area (Å²) in [5, 5.41) is 0. The SMILES string of the molecule is CC(CC(=O)c1cc(=O)[nH]c(-c2ccccc2)n1)c1ccncc1. The van der Waals surface area contributed by atoms with Crippen LogP contribution in [0.4, 0.5) is 0 Å². The van der Waals surface area contributed by atoms with E-state index in [-0.39, 0.29) is 29.4 Å². The molecule has 2 heterocycles. The second-order valence-electron chi connectivity index (χ2n) is 5.65. The molecule has 1 unspecified atom stereocenters. The molecule has 0 bridgehead atoms. The summed E-state index contributed by atoms with van der Waals surface area (Å²) in [5.41, 5.74) is 1.67. The van der Waals surface area contributed by atoms with E-state index in [0.29, 0.717) is 5.82 Å². The van der Waals surface area contributed by atoms with Gasteiger partial charge in [-0.2, -0.15) is 0 Å². The number of nitrogens with one attached hydrogen (secondary N) is 1. The molecule has 2 aromatic heterocycles. The van der Waals surface area contributed by atoms with Gasteiger partial charge in [0.2, 0.25) is 0 Å². The molecule has 0 fully saturated rings. The van der Waals surface area contributed by atoms with Gasteiger partial charge in [-0.05, 0) is 23.6 Å². The summed E-state index contributed by atoms with van der Waals surface area (Å²) in [7, 11) is 0. The molecule has 0 saturated heterocycles. The van der Waals surface area contributed by atoms with Crippen LogP contribution >= 0.6 is 0 Å². The number of ketones is 1. The summed E-state index contributed by atoms with van der Waals surface area (Å²) in [6.07, 6.45) is 3.69. The normalized spacial score (nSPS) is 11.9. The van der Waals surface area contributed by atoms with Gasteiger partial charge in [-0.3, -0.25) is 14.6 Å². The van der Waals surface area contributed by atoms with Gasteiger partial charge in [0.05, 0.1) is 0 Å². The minimum atomic E-state index is -0.330. The topological polar surface area (TPSA) is 75.7 Å². The Morgan fingerprint density at radius 2 is 1.83 bits per heavy atom. The third-order valence-corrected chi connectivity index (χ3v) is 3.84. The first-order valence-corrected chi connectivity index (χ1v) is 7.73. The molecule has 1 aromatic carbocycles. The van der Waals surface area contributed by atoms with Gasteiger partial charge in [-0.15, -0.1) is 0 Å². The van der Waals surface area contributed by atoms with Crippen LogP contribution in [0, 0.1) is 0 Å². The lowest BCUT2D eigenvalue weighted by Gasteiger charge is -2.10. The number of hydrogen-bond donors (Lipinski definition) is 1. The Hall–Kier alpha value is -3.08. The predicted octanol–water partition coefficient (Wildman–Crippen LogP) is 3.21. The van der Waals surface area contributed by atoms with Crippen molar-refractivity contribution in [1.29, 1.82) is 0 Å². The number of nitrogens with zero attached hydrogens (tertiary/aromatic N) is 2. The van der Waals surface area contributed by atoms with Gasteiger partial charge in [0.25, 0.3) is 5.56 Å². The summed E-state index contributed by atoms with van der Waals surface area (Å²) < 4.78 is 0. The van der Waals surface area contributed by atoms with Gasteiger partial charge in [0.15, 0.2) is 5.78 Å². The Morgan fingerprint density at radius 3 is 2.54 bits per heavy atom. The van der Waals surface area contributed by atoms with E-state index in [1.807, 2.05) is 49.4 Å². The highest BCUT2D eigenvalue weighted by Crippen LogP contribution is 2.20. The number of rotatable bonds is 5. The highest BCUT2D eigenvalue weighted by molar-refractivity contribution is 5.95. The summed E-state index contributed by atoms with van der Waals surface area (Å²) >= 11 is 0. The number of carbonyl (C=O) groups excluding carboxylic acids is 1. The van der Waals surface area contributed by atoms with Crippen LogP contribution < -0.4 is 5.56 Å². The Balaban J connectivity index is 1.85. The molecule has 0 aliphatic carbocycles. The van der Waals surface area contributed by atoms with Crippen molar-refractivity contribution >= 4 is 5.78 Å². The van der Waals surface area contributed by atoms with Crippen LogP contribution in [0.15, 0.2) is 65.7 Å². The number of carbonyl (C=O) groups is 1. The van der Waals surface area contributed by atoms with E-state index in [2.05, 4.69) is 15.0 Å². The fourth-order valence-electron chi connectivity index (χ4n) is 2.53. The molecule has 0 amide bonds. The van der Waals surface area contributed by atoms with Crippen molar-refractivity contribution < 1.29 is 4.79 Å². The molecule has 3 aromatic rings. The largest absolute Gasteiger partial charge is 0.306 e. The van der Waals surface area contributed by atoms with Gasteiger partial charge in [-0.25, -0.2) is 4.98 Å². The molecule has 24 heavy (non-hydrogen) atoms. The van der Waals surface area contributed by atoms with Crippen LogP contribution in [0.25, 0.3) is 11.4 Å². The van der Waals surface area contributed by atoms with Crippen molar-refractivity contribution in [2.45, 2.75) is 19.3 Å². The van der Waals surface area contributed by atoms with Crippen LogP contribution in [0.1, 0.15) is 35.3 Å². The molecule has 0 radical (unpaired) electrons. The van der Waals surface area contributed by atoms with E-state index in [1.54, 1.807) is 12.4 Å². The zero-order chi connectivity index (χ0) is 16.9. The van der Waals surface area contributed by atoms with Gasteiger partial charge in [0, 0.05) is 30.4 Å². The maximum Gasteiger partial charge on any atom is 0.251 e. The van der Waals surface area contributed by atoms with Crippen molar-refractivity contribution in [3.05, 3.63) is 82.5 Å². The highest BCUT2D eigenvalue weighted by Gasteiger charge is 2.16. The van der Waals surface area contributed by atoms with E-state index >= 15 is 0 Å². The Labute approximate surface area is 139 Å². The highest BCUT2D eigenvalue weighted by atomic mass is 16.1. The van der Waals surface area contributed by atoms with Crippen molar-refractivity contribution in [2.24, 2.45) is 0 Å². The molecule has 1 N–H and O–H groups in total. The molecule has 0 saturated carbocycles. The van der Waals surface area contributed by atoms with E-state index in [4.69, 9.17) is 0 Å². The number of aromatic amines is 1. The zero-order valence-corrected chi connectivity index (χ0v) is 13.3. The van der Waals surface area contributed by atoms with Gasteiger partial charge < -0.3 is 4.98 Å². The van der Waals surface area contributed by atoms with Crippen molar-refractivity contribution in [3.8, 4) is 11.4 Å². The summed E-state index contributed by atoms with van der Waals surface area (Å²) in [6, 6.07) is 14.3. The number of hydrogen-bond acceptors (Lipinski definition) is 4. The summed E-state index contributed by atoms with van der Waals surface area (Å²) in [6.45, 7) is 1.97. The van der Waals surface area contributed by atoms with E-state index in [1.165, 1.54) is 6.07 Å². The minimum Gasteiger partial charge on any atom is -0.306 e. The third-order valence-electron chi connectivity index (χ3n) is 3.84. The smallest absolute Gasteiger partial charge is 0.251 e. The number of pyridine rings is 1. The molecule has 0 aliphatic heterocycles. The fourth-order valence-corrected chi connectivity index (χ4v) is 2.53. The summed E-state index contributed by atoms with van der Waals surface area (Å²) in [4.78, 5) is 35.4. The van der Waals surface area contributed by atoms with Gasteiger partial charge in [-0.1, -0.05) is 37.3 Å². The number of aromatic nitrogens is 3. The standard InChI is InChI=1S/C19H17N3O2/c1-13(14-7-9-20-10-8-14)11-17(23)16-12-18(24)22-19(21-16)15-5-3-2-4-6-15/h2-10,12-13H,11H2,1H3,(H,21,22,24). The monoisotopic (exact) mass is 319 g/mol. The second-order valence-corrected chi connectivity index (χ2v) is 5.65. The van der Waals surface area contributed by atoms with E-state index in [9.17, 15) is 9.59 Å². The quantitative estimate of drug-likeness (QED) is 0.733. The lowest BCUT2D eigenvalue weighted by Crippen LogP contribution is -2.15. The molecule has 120 valence electrons. The number of benzene rings is 1. The van der Waals surface area contributed by atoms with Crippen molar-refractivity contribution in [3.63, 3.8) is 0 Å². The first-order chi connectivity index (χ1) is 11.6. The van der Waals surface area contributed by atoms with Crippen LogP contribution in [0.3, 0.4) is 0 Å². The van der Waals surface area contributed by atoms with Crippen LogP contribution in [0.2, 0.25) is 0 Å². The molecule has 5 heteroatoms. The second kappa shape index (κ2) is 7.00. The van der Waals surface area contributed by atoms with Crippen molar-refractivity contribution in [2.75, 3.05) is 0 Å². The molecule has 0 spiro atoms. The lowest BCUT2D eigenvalue weighted by atomic mass is 9.95. The molecule has 1 atom stereocenters. The minimum absolute atomic E-state index is 0.0294.